The maximum absolute atomic E-state index is 6.45. The Kier molecular flexibility index (Phi) is 4.07. The molecule has 4 heteroatoms. The molecule has 1 unspecified atom stereocenters. The van der Waals surface area contributed by atoms with Crippen LogP contribution >= 0.6 is 0 Å². The lowest BCUT2D eigenvalue weighted by molar-refractivity contribution is 0.0724. The number of rotatable bonds is 4. The highest BCUT2D eigenvalue weighted by Crippen LogP contribution is 2.24. The van der Waals surface area contributed by atoms with Gasteiger partial charge in [-0.2, -0.15) is 0 Å². The minimum absolute atomic E-state index is 0.0480. The SMILES string of the molecule is Cn1ccnc1CC(N)C(C)(C)N1CCCCC1. The molecule has 1 aromatic rings. The lowest BCUT2D eigenvalue weighted by atomic mass is 9.88. The van der Waals surface area contributed by atoms with Crippen molar-refractivity contribution in [2.24, 2.45) is 12.8 Å². The first-order valence-electron chi connectivity index (χ1n) is 6.98. The maximum Gasteiger partial charge on any atom is 0.109 e. The average molecular weight is 250 g/mol. The molecule has 1 fully saturated rings. The Labute approximate surface area is 110 Å². The van der Waals surface area contributed by atoms with Crippen LogP contribution in [0.2, 0.25) is 0 Å². The van der Waals surface area contributed by atoms with E-state index in [-0.39, 0.29) is 11.6 Å². The van der Waals surface area contributed by atoms with E-state index >= 15 is 0 Å². The number of hydrogen-bond donors (Lipinski definition) is 1. The molecule has 4 nitrogen and oxygen atoms in total. The second-order valence-electron chi connectivity index (χ2n) is 5.97. The quantitative estimate of drug-likeness (QED) is 0.882. The molecular weight excluding hydrogens is 224 g/mol. The van der Waals surface area contributed by atoms with Crippen LogP contribution in [0.4, 0.5) is 0 Å². The molecule has 1 aliphatic rings. The molecule has 2 rings (SSSR count). The molecule has 0 bridgehead atoms. The first kappa shape index (κ1) is 13.6. The van der Waals surface area contributed by atoms with E-state index in [1.54, 1.807) is 0 Å². The van der Waals surface area contributed by atoms with Gasteiger partial charge in [0.25, 0.3) is 0 Å². The lowest BCUT2D eigenvalue weighted by Crippen LogP contribution is -2.58. The van der Waals surface area contributed by atoms with Crippen molar-refractivity contribution in [3.8, 4) is 0 Å². The van der Waals surface area contributed by atoms with Gasteiger partial charge in [0.1, 0.15) is 5.82 Å². The second-order valence-corrected chi connectivity index (χ2v) is 5.97. The van der Waals surface area contributed by atoms with Crippen molar-refractivity contribution in [2.75, 3.05) is 13.1 Å². The standard InChI is InChI=1S/C14H26N4/c1-14(2,18-8-5-4-6-9-18)12(15)11-13-16-7-10-17(13)3/h7,10,12H,4-6,8-9,11,15H2,1-3H3. The summed E-state index contributed by atoms with van der Waals surface area (Å²) in [5.41, 5.74) is 6.50. The number of likely N-dealkylation sites (tertiary alicyclic amines) is 1. The first-order valence-corrected chi connectivity index (χ1v) is 6.98. The van der Waals surface area contributed by atoms with Crippen LogP contribution in [0, 0.1) is 0 Å². The maximum atomic E-state index is 6.45. The van der Waals surface area contributed by atoms with Gasteiger partial charge in [0.15, 0.2) is 0 Å². The number of imidazole rings is 1. The van der Waals surface area contributed by atoms with Gasteiger partial charge in [-0.1, -0.05) is 6.42 Å². The van der Waals surface area contributed by atoms with E-state index in [1.165, 1.54) is 32.4 Å². The van der Waals surface area contributed by atoms with Crippen LogP contribution in [0.3, 0.4) is 0 Å². The van der Waals surface area contributed by atoms with E-state index in [0.717, 1.165) is 12.2 Å². The molecule has 102 valence electrons. The Hall–Kier alpha value is -0.870. The Morgan fingerprint density at radius 3 is 2.56 bits per heavy atom. The van der Waals surface area contributed by atoms with E-state index in [1.807, 2.05) is 19.4 Å². The minimum atomic E-state index is 0.0480. The van der Waals surface area contributed by atoms with E-state index in [9.17, 15) is 0 Å². The topological polar surface area (TPSA) is 47.1 Å². The first-order chi connectivity index (χ1) is 8.51. The van der Waals surface area contributed by atoms with Crippen molar-refractivity contribution < 1.29 is 0 Å². The fraction of sp³-hybridized carbons (Fsp3) is 0.786. The van der Waals surface area contributed by atoms with Gasteiger partial charge in [-0.3, -0.25) is 4.90 Å². The Bertz CT molecular complexity index is 377. The molecule has 2 heterocycles. The minimum Gasteiger partial charge on any atom is -0.338 e. The fourth-order valence-corrected chi connectivity index (χ4v) is 2.74. The monoisotopic (exact) mass is 250 g/mol. The van der Waals surface area contributed by atoms with Gasteiger partial charge < -0.3 is 10.3 Å². The highest BCUT2D eigenvalue weighted by Gasteiger charge is 2.34. The fourth-order valence-electron chi connectivity index (χ4n) is 2.74. The van der Waals surface area contributed by atoms with E-state index in [4.69, 9.17) is 5.73 Å². The van der Waals surface area contributed by atoms with E-state index in [2.05, 4.69) is 28.3 Å². The molecule has 1 aliphatic heterocycles. The lowest BCUT2D eigenvalue weighted by Gasteiger charge is -2.44. The number of piperidine rings is 1. The average Bonchev–Trinajstić information content (AvgIpc) is 2.76. The molecule has 0 radical (unpaired) electrons. The summed E-state index contributed by atoms with van der Waals surface area (Å²) >= 11 is 0. The van der Waals surface area contributed by atoms with E-state index < -0.39 is 0 Å². The van der Waals surface area contributed by atoms with Gasteiger partial charge in [0, 0.05) is 37.4 Å². The third-order valence-corrected chi connectivity index (χ3v) is 4.40. The van der Waals surface area contributed by atoms with Crippen LogP contribution in [0.5, 0.6) is 0 Å². The molecule has 0 aromatic carbocycles. The molecule has 1 aromatic heterocycles. The summed E-state index contributed by atoms with van der Waals surface area (Å²) < 4.78 is 2.06. The molecule has 0 spiro atoms. The molecule has 0 saturated carbocycles. The predicted molar refractivity (Wildman–Crippen MR) is 74.4 cm³/mol. The van der Waals surface area contributed by atoms with Crippen molar-refractivity contribution in [1.29, 1.82) is 0 Å². The Balaban J connectivity index is 2.02. The second kappa shape index (κ2) is 5.41. The van der Waals surface area contributed by atoms with Crippen molar-refractivity contribution in [3.63, 3.8) is 0 Å². The summed E-state index contributed by atoms with van der Waals surface area (Å²) in [5, 5.41) is 0. The summed E-state index contributed by atoms with van der Waals surface area (Å²) in [6.45, 7) is 6.90. The predicted octanol–water partition coefficient (Wildman–Crippen LogP) is 1.55. The van der Waals surface area contributed by atoms with Crippen molar-refractivity contribution >= 4 is 0 Å². The van der Waals surface area contributed by atoms with Crippen molar-refractivity contribution in [3.05, 3.63) is 18.2 Å². The number of hydrogen-bond acceptors (Lipinski definition) is 3. The summed E-state index contributed by atoms with van der Waals surface area (Å²) in [5.74, 6) is 1.08. The highest BCUT2D eigenvalue weighted by molar-refractivity contribution is 5.01. The van der Waals surface area contributed by atoms with Crippen LogP contribution in [0.15, 0.2) is 12.4 Å². The zero-order valence-corrected chi connectivity index (χ0v) is 11.9. The zero-order valence-electron chi connectivity index (χ0n) is 11.9. The van der Waals surface area contributed by atoms with Gasteiger partial charge >= 0.3 is 0 Å². The number of aromatic nitrogens is 2. The largest absolute Gasteiger partial charge is 0.338 e. The smallest absolute Gasteiger partial charge is 0.109 e. The summed E-state index contributed by atoms with van der Waals surface area (Å²) in [7, 11) is 2.03. The molecule has 0 aliphatic carbocycles. The van der Waals surface area contributed by atoms with Gasteiger partial charge in [0.2, 0.25) is 0 Å². The third-order valence-electron chi connectivity index (χ3n) is 4.40. The highest BCUT2D eigenvalue weighted by atomic mass is 15.2. The summed E-state index contributed by atoms with van der Waals surface area (Å²) in [6, 6.07) is 0.122. The molecule has 2 N–H and O–H groups in total. The molecular formula is C14H26N4. The van der Waals surface area contributed by atoms with Crippen LogP contribution in [0.1, 0.15) is 38.9 Å². The van der Waals surface area contributed by atoms with Crippen molar-refractivity contribution in [1.82, 2.24) is 14.5 Å². The molecule has 0 amide bonds. The Morgan fingerprint density at radius 2 is 2.00 bits per heavy atom. The van der Waals surface area contributed by atoms with Gasteiger partial charge in [-0.25, -0.2) is 4.98 Å². The summed E-state index contributed by atoms with van der Waals surface area (Å²) in [6.07, 6.45) is 8.64. The Morgan fingerprint density at radius 1 is 1.33 bits per heavy atom. The van der Waals surface area contributed by atoms with Crippen LogP contribution in [-0.4, -0.2) is 39.1 Å². The van der Waals surface area contributed by atoms with Gasteiger partial charge in [0.05, 0.1) is 0 Å². The normalized spacial score (nSPS) is 20.0. The number of aryl methyl sites for hydroxylation is 1. The number of nitrogens with zero attached hydrogens (tertiary/aromatic N) is 3. The number of nitrogens with two attached hydrogens (primary N) is 1. The van der Waals surface area contributed by atoms with Gasteiger partial charge in [-0.05, 0) is 39.8 Å². The zero-order chi connectivity index (χ0) is 13.2. The molecule has 1 saturated heterocycles. The molecule has 1 atom stereocenters. The van der Waals surface area contributed by atoms with E-state index in [0.29, 0.717) is 0 Å². The van der Waals surface area contributed by atoms with Crippen LogP contribution < -0.4 is 5.73 Å². The van der Waals surface area contributed by atoms with Gasteiger partial charge in [-0.15, -0.1) is 0 Å². The summed E-state index contributed by atoms with van der Waals surface area (Å²) in [4.78, 5) is 6.92. The molecule has 18 heavy (non-hydrogen) atoms. The van der Waals surface area contributed by atoms with Crippen LogP contribution in [0.25, 0.3) is 0 Å². The van der Waals surface area contributed by atoms with Crippen LogP contribution in [-0.2, 0) is 13.5 Å². The van der Waals surface area contributed by atoms with Crippen molar-refractivity contribution in [2.45, 2.75) is 51.1 Å². The third kappa shape index (κ3) is 2.75.